The molecule has 0 saturated heterocycles. The van der Waals surface area contributed by atoms with Crippen LogP contribution in [0.2, 0.25) is 0 Å². The Labute approximate surface area is 215 Å². The molecule has 1 fully saturated rings. The van der Waals surface area contributed by atoms with Crippen molar-refractivity contribution in [3.8, 4) is 0 Å². The van der Waals surface area contributed by atoms with Gasteiger partial charge in [0.25, 0.3) is 11.5 Å². The predicted octanol–water partition coefficient (Wildman–Crippen LogP) is 3.40. The average molecular weight is 527 g/mol. The van der Waals surface area contributed by atoms with Gasteiger partial charge < -0.3 is 20.1 Å². The number of hydrogen-bond acceptors (Lipinski definition) is 5. The van der Waals surface area contributed by atoms with Gasteiger partial charge in [-0.05, 0) is 54.7 Å². The summed E-state index contributed by atoms with van der Waals surface area (Å²) in [6, 6.07) is 9.74. The minimum Gasteiger partial charge on any atom is -0.507 e. The van der Waals surface area contributed by atoms with Gasteiger partial charge in [-0.3, -0.25) is 14.4 Å². The number of carbonyl (C=O) groups excluding carboxylic acids is 2. The van der Waals surface area contributed by atoms with Crippen LogP contribution < -0.4 is 10.9 Å². The molecule has 38 heavy (non-hydrogen) atoms. The molecule has 3 N–H and O–H groups in total. The molecule has 7 nitrogen and oxygen atoms in total. The van der Waals surface area contributed by atoms with Crippen molar-refractivity contribution in [2.75, 3.05) is 0 Å². The Balaban J connectivity index is 1.70. The van der Waals surface area contributed by atoms with Crippen LogP contribution in [0.4, 0.5) is 13.2 Å². The van der Waals surface area contributed by atoms with E-state index in [2.05, 4.69) is 5.32 Å². The highest BCUT2D eigenvalue weighted by Gasteiger charge is 2.28. The third-order valence-corrected chi connectivity index (χ3v) is 6.45. The van der Waals surface area contributed by atoms with E-state index < -0.39 is 70.3 Å². The van der Waals surface area contributed by atoms with Gasteiger partial charge in [0.1, 0.15) is 23.2 Å². The van der Waals surface area contributed by atoms with Gasteiger partial charge in [-0.2, -0.15) is 0 Å². The molecule has 10 heteroatoms. The van der Waals surface area contributed by atoms with E-state index in [1.165, 1.54) is 36.5 Å². The predicted molar refractivity (Wildman–Crippen MR) is 133 cm³/mol. The van der Waals surface area contributed by atoms with E-state index in [9.17, 15) is 37.8 Å². The second kappa shape index (κ2) is 11.5. The van der Waals surface area contributed by atoms with Crippen molar-refractivity contribution < 1.29 is 33.0 Å². The lowest BCUT2D eigenvalue weighted by Gasteiger charge is -2.15. The van der Waals surface area contributed by atoms with E-state index in [1.54, 1.807) is 6.07 Å². The number of ketones is 1. The standard InChI is InChI=1S/C28H25F3N2O5/c29-20-6-2-1-5-17(20)11-16-12-18(25(35)13-26(36)27(37)32-23-9-4-10-24(23)34)28(38)33(14-16)15-19-21(30)7-3-8-22(19)31/h1-3,5-8,12-14,23-24,34-35H,4,9-11,15H2,(H,32,37)/t23-,24-/m1/s1. The number of carbonyl (C=O) groups is 2. The Morgan fingerprint density at radius 2 is 1.71 bits per heavy atom. The van der Waals surface area contributed by atoms with Gasteiger partial charge in [-0.25, -0.2) is 13.2 Å². The summed E-state index contributed by atoms with van der Waals surface area (Å²) in [6.07, 6.45) is 2.68. The molecule has 0 bridgehead atoms. The van der Waals surface area contributed by atoms with Crippen LogP contribution in [0.15, 0.2) is 65.6 Å². The van der Waals surface area contributed by atoms with Crippen LogP contribution >= 0.6 is 0 Å². The molecule has 1 saturated carbocycles. The lowest BCUT2D eigenvalue weighted by molar-refractivity contribution is -0.136. The molecule has 1 heterocycles. The van der Waals surface area contributed by atoms with Crippen molar-refractivity contribution in [1.29, 1.82) is 0 Å². The summed E-state index contributed by atoms with van der Waals surface area (Å²) in [7, 11) is 0. The minimum absolute atomic E-state index is 0.0407. The van der Waals surface area contributed by atoms with E-state index >= 15 is 0 Å². The Bertz CT molecular complexity index is 1450. The van der Waals surface area contributed by atoms with Gasteiger partial charge in [0.2, 0.25) is 5.78 Å². The molecular weight excluding hydrogens is 501 g/mol. The fourth-order valence-electron chi connectivity index (χ4n) is 4.43. The Morgan fingerprint density at radius 1 is 1.03 bits per heavy atom. The highest BCUT2D eigenvalue weighted by molar-refractivity contribution is 6.41. The highest BCUT2D eigenvalue weighted by atomic mass is 19.1. The third kappa shape index (κ3) is 6.03. The number of halogens is 3. The van der Waals surface area contributed by atoms with Crippen molar-refractivity contribution in [3.05, 3.63) is 111 Å². The van der Waals surface area contributed by atoms with Crippen LogP contribution in [0.25, 0.3) is 5.76 Å². The molecule has 1 aromatic heterocycles. The third-order valence-electron chi connectivity index (χ3n) is 6.45. The fourth-order valence-corrected chi connectivity index (χ4v) is 4.43. The molecule has 0 spiro atoms. The number of pyridine rings is 1. The first-order valence-corrected chi connectivity index (χ1v) is 12.0. The number of aromatic nitrogens is 1. The van der Waals surface area contributed by atoms with E-state index in [0.29, 0.717) is 30.9 Å². The van der Waals surface area contributed by atoms with Gasteiger partial charge in [-0.1, -0.05) is 24.3 Å². The Hall–Kier alpha value is -4.18. The monoisotopic (exact) mass is 526 g/mol. The van der Waals surface area contributed by atoms with Crippen LogP contribution in [-0.2, 0) is 22.6 Å². The highest BCUT2D eigenvalue weighted by Crippen LogP contribution is 2.20. The smallest absolute Gasteiger partial charge is 0.292 e. The summed E-state index contributed by atoms with van der Waals surface area (Å²) in [4.78, 5) is 37.9. The zero-order valence-corrected chi connectivity index (χ0v) is 20.2. The van der Waals surface area contributed by atoms with Crippen molar-refractivity contribution in [1.82, 2.24) is 9.88 Å². The number of benzene rings is 2. The summed E-state index contributed by atoms with van der Waals surface area (Å²) in [6.45, 7) is -0.545. The molecule has 1 aliphatic carbocycles. The normalized spacial score (nSPS) is 17.4. The topological polar surface area (TPSA) is 109 Å². The second-order valence-electron chi connectivity index (χ2n) is 9.14. The number of hydrogen-bond donors (Lipinski definition) is 3. The van der Waals surface area contributed by atoms with E-state index in [0.717, 1.165) is 16.7 Å². The van der Waals surface area contributed by atoms with Gasteiger partial charge >= 0.3 is 0 Å². The number of aliphatic hydroxyl groups excluding tert-OH is 2. The first-order valence-electron chi connectivity index (χ1n) is 12.0. The van der Waals surface area contributed by atoms with Crippen molar-refractivity contribution in [2.24, 2.45) is 0 Å². The molecule has 2 aromatic carbocycles. The van der Waals surface area contributed by atoms with Gasteiger partial charge in [0, 0.05) is 24.3 Å². The Kier molecular flexibility index (Phi) is 8.11. The van der Waals surface area contributed by atoms with Crippen LogP contribution in [-0.4, -0.2) is 38.6 Å². The average Bonchev–Trinajstić information content (AvgIpc) is 3.28. The molecule has 1 amide bonds. The molecule has 1 aliphatic rings. The number of rotatable bonds is 8. The summed E-state index contributed by atoms with van der Waals surface area (Å²) in [5.41, 5.74) is -1.16. The molecule has 4 rings (SSSR count). The molecule has 2 atom stereocenters. The van der Waals surface area contributed by atoms with Crippen LogP contribution in [0.1, 0.15) is 41.5 Å². The first-order chi connectivity index (χ1) is 18.1. The Morgan fingerprint density at radius 3 is 2.37 bits per heavy atom. The second-order valence-corrected chi connectivity index (χ2v) is 9.14. The van der Waals surface area contributed by atoms with E-state index in [1.807, 2.05) is 0 Å². The van der Waals surface area contributed by atoms with Crippen LogP contribution in [0.3, 0.4) is 0 Å². The number of aliphatic hydroxyl groups is 2. The van der Waals surface area contributed by atoms with Crippen molar-refractivity contribution >= 4 is 17.4 Å². The van der Waals surface area contributed by atoms with Gasteiger partial charge in [0.15, 0.2) is 0 Å². The number of amides is 1. The number of nitrogens with zero attached hydrogens (tertiary/aromatic N) is 1. The van der Waals surface area contributed by atoms with Crippen molar-refractivity contribution in [2.45, 2.75) is 44.4 Å². The van der Waals surface area contributed by atoms with Gasteiger partial charge in [0.05, 0.1) is 24.3 Å². The summed E-state index contributed by atoms with van der Waals surface area (Å²) >= 11 is 0. The zero-order valence-electron chi connectivity index (χ0n) is 20.2. The summed E-state index contributed by atoms with van der Waals surface area (Å²) in [5.74, 6) is -5.38. The maximum atomic E-state index is 14.3. The molecular formula is C28H25F3N2O5. The zero-order chi connectivity index (χ0) is 27.4. The molecule has 3 aromatic rings. The summed E-state index contributed by atoms with van der Waals surface area (Å²) < 4.78 is 43.8. The van der Waals surface area contributed by atoms with E-state index in [4.69, 9.17) is 0 Å². The van der Waals surface area contributed by atoms with Crippen LogP contribution in [0.5, 0.6) is 0 Å². The minimum atomic E-state index is -1.16. The maximum absolute atomic E-state index is 14.3. The summed E-state index contributed by atoms with van der Waals surface area (Å²) in [5, 5.41) is 22.9. The lowest BCUT2D eigenvalue weighted by Crippen LogP contribution is -2.42. The quantitative estimate of drug-likeness (QED) is 0.237. The molecule has 198 valence electrons. The van der Waals surface area contributed by atoms with Crippen molar-refractivity contribution in [3.63, 3.8) is 0 Å². The SMILES string of the molecule is O=C(C=C(O)c1cc(Cc2ccccc2F)cn(Cc2c(F)cccc2F)c1=O)C(=O)N[C@@H]1CCC[C@H]1O. The van der Waals surface area contributed by atoms with E-state index in [-0.39, 0.29) is 12.0 Å². The first kappa shape index (κ1) is 26.9. The van der Waals surface area contributed by atoms with Crippen LogP contribution in [0, 0.1) is 17.5 Å². The van der Waals surface area contributed by atoms with Gasteiger partial charge in [-0.15, -0.1) is 0 Å². The largest absolute Gasteiger partial charge is 0.507 e. The molecule has 0 aliphatic heterocycles. The lowest BCUT2D eigenvalue weighted by atomic mass is 10.0. The molecule has 0 radical (unpaired) electrons. The molecule has 0 unspecified atom stereocenters. The number of nitrogens with one attached hydrogen (secondary N) is 1. The maximum Gasteiger partial charge on any atom is 0.292 e. The fraction of sp³-hybridized carbons (Fsp3) is 0.250.